The molecule has 0 aliphatic rings. The van der Waals surface area contributed by atoms with Crippen LogP contribution in [0, 0.1) is 5.39 Å². The van der Waals surface area contributed by atoms with Gasteiger partial charge in [-0.2, -0.15) is 13.2 Å². The highest BCUT2D eigenvalue weighted by Crippen LogP contribution is 2.15. The van der Waals surface area contributed by atoms with E-state index in [9.17, 15) is 18.0 Å². The van der Waals surface area contributed by atoms with Gasteiger partial charge in [-0.05, 0) is 13.3 Å². The van der Waals surface area contributed by atoms with Gasteiger partial charge in [0.1, 0.15) is 0 Å². The molecule has 1 unspecified atom stereocenters. The normalized spacial score (nSPS) is 14.1. The van der Waals surface area contributed by atoms with Gasteiger partial charge in [-0.3, -0.25) is 4.79 Å². The SMILES string of the molecule is CC(CC/C(O)=C/[N+]#N)NC(=O)C(F)(F)F. The number of aliphatic hydroxyl groups excluding tert-OH is 1. The number of rotatable bonds is 4. The number of halogens is 3. The fourth-order valence-corrected chi connectivity index (χ4v) is 0.873. The lowest BCUT2D eigenvalue weighted by atomic mass is 10.1. The van der Waals surface area contributed by atoms with Crippen molar-refractivity contribution < 1.29 is 23.1 Å². The molecule has 0 aliphatic carbocycles. The van der Waals surface area contributed by atoms with Crippen LogP contribution in [0.25, 0.3) is 4.98 Å². The summed E-state index contributed by atoms with van der Waals surface area (Å²) in [5.41, 5.74) is 0. The number of nitrogens with zero attached hydrogens (tertiary/aromatic N) is 2. The van der Waals surface area contributed by atoms with Crippen molar-refractivity contribution in [1.82, 2.24) is 5.32 Å². The highest BCUT2D eigenvalue weighted by molar-refractivity contribution is 5.81. The highest BCUT2D eigenvalue weighted by Gasteiger charge is 2.39. The first-order chi connectivity index (χ1) is 7.27. The maximum Gasteiger partial charge on any atom is 0.471 e. The van der Waals surface area contributed by atoms with Gasteiger partial charge in [-0.25, -0.2) is 0 Å². The number of nitrogens with one attached hydrogen (secondary N) is 1. The predicted octanol–water partition coefficient (Wildman–Crippen LogP) is 2.09. The molecular weight excluding hydrogens is 227 g/mol. The number of hydrogen-bond donors (Lipinski definition) is 2. The van der Waals surface area contributed by atoms with Crippen molar-refractivity contribution in [1.29, 1.82) is 5.39 Å². The van der Waals surface area contributed by atoms with Crippen LogP contribution in [0.4, 0.5) is 13.2 Å². The third-order valence-electron chi connectivity index (χ3n) is 1.68. The van der Waals surface area contributed by atoms with Crippen molar-refractivity contribution in [3.8, 4) is 0 Å². The molecule has 0 aliphatic heterocycles. The Morgan fingerprint density at radius 2 is 2.19 bits per heavy atom. The molecule has 0 spiro atoms. The summed E-state index contributed by atoms with van der Waals surface area (Å²) in [5, 5.41) is 18.7. The monoisotopic (exact) mass is 238 g/mol. The number of carbonyl (C=O) groups excluding carboxylic acids is 1. The van der Waals surface area contributed by atoms with E-state index in [2.05, 4.69) is 4.98 Å². The van der Waals surface area contributed by atoms with Crippen LogP contribution < -0.4 is 5.32 Å². The van der Waals surface area contributed by atoms with Gasteiger partial charge in [0, 0.05) is 12.5 Å². The first-order valence-corrected chi connectivity index (χ1v) is 4.37. The van der Waals surface area contributed by atoms with E-state index in [0.717, 1.165) is 6.20 Å². The number of amides is 1. The molecule has 0 aromatic carbocycles. The molecule has 0 rings (SSSR count). The quantitative estimate of drug-likeness (QED) is 0.581. The molecule has 0 bridgehead atoms. The molecule has 8 heteroatoms. The van der Waals surface area contributed by atoms with E-state index < -0.39 is 18.1 Å². The van der Waals surface area contributed by atoms with E-state index in [4.69, 9.17) is 10.5 Å². The third-order valence-corrected chi connectivity index (χ3v) is 1.68. The van der Waals surface area contributed by atoms with E-state index in [1.54, 1.807) is 5.32 Å². The van der Waals surface area contributed by atoms with Crippen LogP contribution in [0.3, 0.4) is 0 Å². The second kappa shape index (κ2) is 5.95. The maximum absolute atomic E-state index is 11.8. The molecule has 1 atom stereocenters. The van der Waals surface area contributed by atoms with E-state index in [1.165, 1.54) is 6.92 Å². The Morgan fingerprint density at radius 3 is 2.62 bits per heavy atom. The zero-order chi connectivity index (χ0) is 12.8. The third kappa shape index (κ3) is 5.85. The average molecular weight is 238 g/mol. The zero-order valence-electron chi connectivity index (χ0n) is 8.45. The number of carbonyl (C=O) groups is 1. The van der Waals surface area contributed by atoms with Gasteiger partial charge < -0.3 is 10.4 Å². The van der Waals surface area contributed by atoms with Crippen LogP contribution in [0.1, 0.15) is 19.8 Å². The Balaban J connectivity index is 4.02. The topological polar surface area (TPSA) is 77.5 Å². The van der Waals surface area contributed by atoms with Crippen molar-refractivity contribution >= 4 is 5.91 Å². The molecule has 2 N–H and O–H groups in total. The molecular formula is C8H11F3N3O2+. The molecule has 5 nitrogen and oxygen atoms in total. The summed E-state index contributed by atoms with van der Waals surface area (Å²) >= 11 is 0. The lowest BCUT2D eigenvalue weighted by molar-refractivity contribution is -0.174. The summed E-state index contributed by atoms with van der Waals surface area (Å²) in [4.78, 5) is 13.0. The molecule has 0 aromatic heterocycles. The van der Waals surface area contributed by atoms with Gasteiger partial charge in [-0.1, -0.05) is 0 Å². The first kappa shape index (κ1) is 14.2. The molecule has 90 valence electrons. The molecule has 0 fully saturated rings. The van der Waals surface area contributed by atoms with Crippen LogP contribution in [-0.2, 0) is 4.79 Å². The van der Waals surface area contributed by atoms with Crippen LogP contribution in [0.15, 0.2) is 12.0 Å². The van der Waals surface area contributed by atoms with Crippen LogP contribution in [0.5, 0.6) is 0 Å². The fraction of sp³-hybridized carbons (Fsp3) is 0.625. The number of hydrogen-bond acceptors (Lipinski definition) is 3. The minimum absolute atomic E-state index is 0.00334. The largest absolute Gasteiger partial charge is 0.505 e. The molecule has 0 heterocycles. The summed E-state index contributed by atoms with van der Waals surface area (Å²) in [6.07, 6.45) is -4.05. The van der Waals surface area contributed by atoms with Gasteiger partial charge in [0.25, 0.3) is 0 Å². The summed E-state index contributed by atoms with van der Waals surface area (Å²) in [6.45, 7) is 1.37. The van der Waals surface area contributed by atoms with Crippen LogP contribution in [0.2, 0.25) is 0 Å². The Bertz CT molecular complexity index is 319. The van der Waals surface area contributed by atoms with Crippen molar-refractivity contribution in [3.63, 3.8) is 0 Å². The van der Waals surface area contributed by atoms with E-state index in [1.807, 2.05) is 0 Å². The lowest BCUT2D eigenvalue weighted by Crippen LogP contribution is -2.41. The average Bonchev–Trinajstić information content (AvgIpc) is 2.13. The Morgan fingerprint density at radius 1 is 1.62 bits per heavy atom. The number of allylic oxidation sites excluding steroid dienone is 1. The lowest BCUT2D eigenvalue weighted by Gasteiger charge is -2.14. The number of alkyl halides is 3. The van der Waals surface area contributed by atoms with Crippen molar-refractivity contribution in [2.24, 2.45) is 0 Å². The number of aliphatic hydroxyl groups is 1. The van der Waals surface area contributed by atoms with Gasteiger partial charge in [0.2, 0.25) is 5.39 Å². The fourth-order valence-electron chi connectivity index (χ4n) is 0.873. The van der Waals surface area contributed by atoms with Crippen molar-refractivity contribution in [2.45, 2.75) is 32.0 Å². The van der Waals surface area contributed by atoms with Gasteiger partial charge in [0.15, 0.2) is 10.7 Å². The summed E-state index contributed by atoms with van der Waals surface area (Å²) in [5.74, 6) is -2.30. The van der Waals surface area contributed by atoms with E-state index in [0.29, 0.717) is 0 Å². The second-order valence-electron chi connectivity index (χ2n) is 3.15. The Hall–Kier alpha value is -1.78. The Labute approximate surface area is 89.6 Å². The summed E-state index contributed by atoms with van der Waals surface area (Å²) in [7, 11) is 0. The molecule has 1 amide bonds. The van der Waals surface area contributed by atoms with Gasteiger partial charge in [0.05, 0.1) is 0 Å². The molecule has 0 aromatic rings. The molecule has 0 saturated carbocycles. The minimum atomic E-state index is -4.91. The summed E-state index contributed by atoms with van der Waals surface area (Å²) < 4.78 is 35.4. The van der Waals surface area contributed by atoms with Gasteiger partial charge >= 0.3 is 18.3 Å². The van der Waals surface area contributed by atoms with Crippen molar-refractivity contribution in [2.75, 3.05) is 0 Å². The van der Waals surface area contributed by atoms with E-state index in [-0.39, 0.29) is 18.6 Å². The van der Waals surface area contributed by atoms with E-state index >= 15 is 0 Å². The van der Waals surface area contributed by atoms with Crippen molar-refractivity contribution in [3.05, 3.63) is 16.9 Å². The summed E-state index contributed by atoms with van der Waals surface area (Å²) in [6, 6.07) is -0.747. The molecule has 0 radical (unpaired) electrons. The zero-order valence-corrected chi connectivity index (χ0v) is 8.45. The first-order valence-electron chi connectivity index (χ1n) is 4.37. The minimum Gasteiger partial charge on any atom is -0.505 e. The predicted molar refractivity (Wildman–Crippen MR) is 48.7 cm³/mol. The van der Waals surface area contributed by atoms with Crippen LogP contribution >= 0.6 is 0 Å². The molecule has 16 heavy (non-hydrogen) atoms. The standard InChI is InChI=1S/C8H10F3N3O2/c1-5(2-3-6(15)4-13-12)14-7(16)8(9,10)11/h4-5H,2-3H2,1H3,(H-,14,15,16)/p+1/b6-4-. The number of diazo groups is 1. The molecule has 0 saturated heterocycles. The van der Waals surface area contributed by atoms with Crippen LogP contribution in [-0.4, -0.2) is 23.2 Å². The van der Waals surface area contributed by atoms with Gasteiger partial charge in [-0.15, -0.1) is 0 Å². The maximum atomic E-state index is 11.8. The highest BCUT2D eigenvalue weighted by atomic mass is 19.4. The second-order valence-corrected chi connectivity index (χ2v) is 3.15. The smallest absolute Gasteiger partial charge is 0.471 e. The Kier molecular flexibility index (Phi) is 5.29.